The van der Waals surface area contributed by atoms with Crippen LogP contribution in [-0.2, 0) is 18.0 Å². The second-order valence-electron chi connectivity index (χ2n) is 9.17. The lowest BCUT2D eigenvalue weighted by Crippen LogP contribution is -2.24. The van der Waals surface area contributed by atoms with Crippen LogP contribution in [0.3, 0.4) is 0 Å². The van der Waals surface area contributed by atoms with Crippen LogP contribution < -0.4 is 16.6 Å². The molecule has 0 radical (unpaired) electrons. The highest BCUT2D eigenvalue weighted by atomic mass is 28.3. The Hall–Kier alpha value is -2.58. The maximum atomic E-state index is 12.4. The first-order chi connectivity index (χ1) is 14.2. The molecule has 2 aromatic heterocycles. The maximum absolute atomic E-state index is 12.4. The number of pyridine rings is 1. The number of fused-ring (bicyclic) bond motifs is 1. The van der Waals surface area contributed by atoms with Gasteiger partial charge in [-0.25, -0.2) is 4.98 Å². The Balaban J connectivity index is 1.98. The van der Waals surface area contributed by atoms with Crippen molar-refractivity contribution in [3.63, 3.8) is 0 Å². The number of benzene rings is 1. The van der Waals surface area contributed by atoms with Crippen LogP contribution in [0, 0.1) is 0 Å². The van der Waals surface area contributed by atoms with E-state index in [1.807, 2.05) is 18.2 Å². The van der Waals surface area contributed by atoms with E-state index in [0.717, 1.165) is 35.2 Å². The molecule has 0 fully saturated rings. The molecule has 2 heterocycles. The minimum Gasteiger partial charge on any atom is -0.394 e. The highest BCUT2D eigenvalue weighted by Gasteiger charge is 2.17. The van der Waals surface area contributed by atoms with E-state index >= 15 is 0 Å². The standard InChI is InChI=1S/C22H33N5O2Si/c1-16(2)24-18-9-6-10-19-21(18)25-20(14-26-11-7-8-17(23)22(26)28)27(19)15-29-12-13-30(3,4)5/h6-11,16,24H,12-15,23H2,1-5H3. The Morgan fingerprint density at radius 1 is 1.20 bits per heavy atom. The summed E-state index contributed by atoms with van der Waals surface area (Å²) in [5, 5.41) is 3.46. The molecular weight excluding hydrogens is 394 g/mol. The SMILES string of the molecule is CC(C)Nc1cccc2c1nc(Cn1cccc(N)c1=O)n2COCC[Si](C)(C)C. The molecule has 0 aliphatic carbocycles. The van der Waals surface area contributed by atoms with E-state index in [1.54, 1.807) is 22.9 Å². The number of rotatable bonds is 9. The third-order valence-electron chi connectivity index (χ3n) is 4.88. The molecule has 3 aromatic rings. The van der Waals surface area contributed by atoms with Crippen LogP contribution >= 0.6 is 0 Å². The summed E-state index contributed by atoms with van der Waals surface area (Å²) >= 11 is 0. The van der Waals surface area contributed by atoms with Gasteiger partial charge in [-0.1, -0.05) is 25.7 Å². The number of nitrogens with zero attached hydrogens (tertiary/aromatic N) is 3. The molecule has 8 heteroatoms. The van der Waals surface area contributed by atoms with Gasteiger partial charge in [-0.05, 0) is 44.2 Å². The van der Waals surface area contributed by atoms with Crippen molar-refractivity contribution in [1.82, 2.24) is 14.1 Å². The molecule has 0 saturated carbocycles. The van der Waals surface area contributed by atoms with Gasteiger partial charge in [-0.2, -0.15) is 0 Å². The van der Waals surface area contributed by atoms with E-state index in [1.165, 1.54) is 0 Å². The van der Waals surface area contributed by atoms with E-state index < -0.39 is 8.07 Å². The number of anilines is 2. The van der Waals surface area contributed by atoms with Gasteiger partial charge in [-0.15, -0.1) is 0 Å². The fraction of sp³-hybridized carbons (Fsp3) is 0.455. The molecule has 7 nitrogen and oxygen atoms in total. The van der Waals surface area contributed by atoms with E-state index in [0.29, 0.717) is 13.3 Å². The van der Waals surface area contributed by atoms with Gasteiger partial charge in [0, 0.05) is 26.9 Å². The molecule has 0 spiro atoms. The molecule has 0 bridgehead atoms. The summed E-state index contributed by atoms with van der Waals surface area (Å²) in [6.07, 6.45) is 1.74. The zero-order valence-electron chi connectivity index (χ0n) is 18.6. The Morgan fingerprint density at radius 3 is 2.67 bits per heavy atom. The summed E-state index contributed by atoms with van der Waals surface area (Å²) in [6.45, 7) is 12.7. The molecule has 0 unspecified atom stereocenters. The molecular formula is C22H33N5O2Si. The predicted octanol–water partition coefficient (Wildman–Crippen LogP) is 3.96. The summed E-state index contributed by atoms with van der Waals surface area (Å²) in [7, 11) is -1.17. The van der Waals surface area contributed by atoms with Gasteiger partial charge in [0.15, 0.2) is 0 Å². The number of ether oxygens (including phenoxy) is 1. The zero-order valence-corrected chi connectivity index (χ0v) is 19.6. The van der Waals surface area contributed by atoms with E-state index in [4.69, 9.17) is 15.5 Å². The van der Waals surface area contributed by atoms with Gasteiger partial charge < -0.3 is 24.9 Å². The Labute approximate surface area is 178 Å². The summed E-state index contributed by atoms with van der Waals surface area (Å²) < 4.78 is 9.68. The quantitative estimate of drug-likeness (QED) is 0.399. The maximum Gasteiger partial charge on any atom is 0.274 e. The van der Waals surface area contributed by atoms with Gasteiger partial charge in [0.25, 0.3) is 5.56 Å². The van der Waals surface area contributed by atoms with E-state index in [-0.39, 0.29) is 17.3 Å². The first-order valence-corrected chi connectivity index (χ1v) is 14.1. The molecule has 1 aromatic carbocycles. The smallest absolute Gasteiger partial charge is 0.274 e. The first-order valence-electron chi connectivity index (χ1n) is 10.4. The number of hydrogen-bond donors (Lipinski definition) is 2. The number of nitrogens with one attached hydrogen (secondary N) is 1. The molecule has 30 heavy (non-hydrogen) atoms. The molecule has 0 atom stereocenters. The van der Waals surface area contributed by atoms with Gasteiger partial charge in [0.2, 0.25) is 0 Å². The molecule has 3 rings (SSSR count). The Bertz CT molecular complexity index is 1070. The zero-order chi connectivity index (χ0) is 21.9. The lowest BCUT2D eigenvalue weighted by molar-refractivity contribution is 0.0877. The molecule has 0 saturated heterocycles. The van der Waals surface area contributed by atoms with Crippen molar-refractivity contribution in [2.24, 2.45) is 0 Å². The fourth-order valence-electron chi connectivity index (χ4n) is 3.25. The van der Waals surface area contributed by atoms with Crippen LogP contribution in [0.15, 0.2) is 41.3 Å². The topological polar surface area (TPSA) is 87.1 Å². The van der Waals surface area contributed by atoms with Crippen LogP contribution in [0.5, 0.6) is 0 Å². The first kappa shape index (κ1) is 22.1. The summed E-state index contributed by atoms with van der Waals surface area (Å²) in [5.74, 6) is 0.767. The van der Waals surface area contributed by atoms with Crippen LogP contribution in [0.4, 0.5) is 11.4 Å². The summed E-state index contributed by atoms with van der Waals surface area (Å²) in [4.78, 5) is 17.3. The van der Waals surface area contributed by atoms with E-state index in [9.17, 15) is 4.79 Å². The van der Waals surface area contributed by atoms with Gasteiger partial charge in [0.05, 0.1) is 23.4 Å². The Kier molecular flexibility index (Phi) is 6.67. The minimum atomic E-state index is -1.17. The fourth-order valence-corrected chi connectivity index (χ4v) is 4.01. The van der Waals surface area contributed by atoms with Gasteiger partial charge >= 0.3 is 0 Å². The summed E-state index contributed by atoms with van der Waals surface area (Å²) in [5.41, 5.74) is 8.68. The second-order valence-corrected chi connectivity index (χ2v) is 14.8. The molecule has 3 N–H and O–H groups in total. The molecule has 0 amide bonds. The number of imidazole rings is 1. The van der Waals surface area contributed by atoms with Gasteiger partial charge in [-0.3, -0.25) is 4.79 Å². The van der Waals surface area contributed by atoms with Crippen molar-refractivity contribution in [1.29, 1.82) is 0 Å². The second kappa shape index (κ2) is 9.05. The normalized spacial score (nSPS) is 12.1. The average Bonchev–Trinajstić information content (AvgIpc) is 3.00. The monoisotopic (exact) mass is 427 g/mol. The van der Waals surface area contributed by atoms with Crippen molar-refractivity contribution >= 4 is 30.5 Å². The highest BCUT2D eigenvalue weighted by Crippen LogP contribution is 2.25. The number of nitrogens with two attached hydrogens (primary N) is 1. The van der Waals surface area contributed by atoms with Crippen LogP contribution in [0.25, 0.3) is 11.0 Å². The van der Waals surface area contributed by atoms with Crippen molar-refractivity contribution in [2.75, 3.05) is 17.7 Å². The summed E-state index contributed by atoms with van der Waals surface area (Å²) in [6, 6.07) is 10.9. The van der Waals surface area contributed by atoms with E-state index in [2.05, 4.69) is 43.4 Å². The average molecular weight is 428 g/mol. The van der Waals surface area contributed by atoms with Crippen molar-refractivity contribution in [3.05, 3.63) is 52.7 Å². The molecule has 162 valence electrons. The predicted molar refractivity (Wildman–Crippen MR) is 127 cm³/mol. The number of hydrogen-bond acceptors (Lipinski definition) is 5. The van der Waals surface area contributed by atoms with Crippen molar-refractivity contribution in [2.45, 2.75) is 58.9 Å². The minimum absolute atomic E-state index is 0.212. The van der Waals surface area contributed by atoms with Crippen LogP contribution in [0.1, 0.15) is 19.7 Å². The number of nitrogen functional groups attached to an aromatic ring is 1. The van der Waals surface area contributed by atoms with Gasteiger partial charge in [0.1, 0.15) is 18.1 Å². The highest BCUT2D eigenvalue weighted by molar-refractivity contribution is 6.76. The largest absolute Gasteiger partial charge is 0.394 e. The Morgan fingerprint density at radius 2 is 1.97 bits per heavy atom. The number of para-hydroxylation sites is 1. The third kappa shape index (κ3) is 5.31. The van der Waals surface area contributed by atoms with Crippen molar-refractivity contribution in [3.8, 4) is 0 Å². The lowest BCUT2D eigenvalue weighted by atomic mass is 10.2. The van der Waals surface area contributed by atoms with Crippen LogP contribution in [-0.4, -0.2) is 34.8 Å². The molecule has 0 aliphatic rings. The molecule has 0 aliphatic heterocycles. The lowest BCUT2D eigenvalue weighted by Gasteiger charge is -2.16. The number of aromatic nitrogens is 3. The van der Waals surface area contributed by atoms with Crippen molar-refractivity contribution < 1.29 is 4.74 Å². The third-order valence-corrected chi connectivity index (χ3v) is 6.58. The van der Waals surface area contributed by atoms with Crippen LogP contribution in [0.2, 0.25) is 25.7 Å².